The molecule has 0 unspecified atom stereocenters. The average Bonchev–Trinajstić information content (AvgIpc) is 3.30. The lowest BCUT2D eigenvalue weighted by atomic mass is 10.2. The van der Waals surface area contributed by atoms with Crippen molar-refractivity contribution in [3.63, 3.8) is 0 Å². The molecule has 0 saturated heterocycles. The van der Waals surface area contributed by atoms with E-state index in [1.807, 2.05) is 18.2 Å². The van der Waals surface area contributed by atoms with Crippen LogP contribution >= 0.6 is 34.4 Å². The van der Waals surface area contributed by atoms with E-state index in [0.29, 0.717) is 0 Å². The number of hydrogen-bond donors (Lipinski definition) is 1. The van der Waals surface area contributed by atoms with Crippen molar-refractivity contribution >= 4 is 39.6 Å². The fraction of sp³-hybridized carbons (Fsp3) is 0.353. The molecular formula is C17H20N4OS3. The van der Waals surface area contributed by atoms with Crippen molar-refractivity contribution in [3.05, 3.63) is 35.3 Å². The summed E-state index contributed by atoms with van der Waals surface area (Å²) in [6.45, 7) is 3.13. The van der Waals surface area contributed by atoms with Gasteiger partial charge in [0.05, 0.1) is 12.8 Å². The Morgan fingerprint density at radius 3 is 3.04 bits per heavy atom. The Morgan fingerprint density at radius 1 is 1.28 bits per heavy atom. The number of thioether (sulfide) groups is 1. The number of thiazole rings is 1. The van der Waals surface area contributed by atoms with Gasteiger partial charge >= 0.3 is 0 Å². The molecular weight excluding hydrogens is 372 g/mol. The Morgan fingerprint density at radius 2 is 2.20 bits per heavy atom. The van der Waals surface area contributed by atoms with Crippen LogP contribution in [0.5, 0.6) is 5.75 Å². The first kappa shape index (κ1) is 18.2. The number of aromatic nitrogens is 3. The summed E-state index contributed by atoms with van der Waals surface area (Å²) in [6.07, 6.45) is 2.32. The minimum Gasteiger partial charge on any atom is -0.497 e. The zero-order valence-corrected chi connectivity index (χ0v) is 16.6. The molecule has 0 aliphatic carbocycles. The third-order valence-corrected chi connectivity index (χ3v) is 6.41. The minimum atomic E-state index is 0.796. The molecule has 0 bridgehead atoms. The first-order valence-corrected chi connectivity index (χ1v) is 10.8. The second-order valence-corrected chi connectivity index (χ2v) is 8.38. The zero-order chi connectivity index (χ0) is 17.5. The number of benzene rings is 1. The van der Waals surface area contributed by atoms with Gasteiger partial charge in [0, 0.05) is 23.2 Å². The summed E-state index contributed by atoms with van der Waals surface area (Å²) in [4.78, 5) is 4.72. The summed E-state index contributed by atoms with van der Waals surface area (Å²) in [5.41, 5.74) is 2.14. The molecule has 0 atom stereocenters. The van der Waals surface area contributed by atoms with Crippen molar-refractivity contribution in [2.24, 2.45) is 0 Å². The van der Waals surface area contributed by atoms with E-state index in [9.17, 15) is 0 Å². The summed E-state index contributed by atoms with van der Waals surface area (Å²) in [5.74, 6) is 1.64. The van der Waals surface area contributed by atoms with Crippen LogP contribution < -0.4 is 10.1 Å². The molecule has 3 rings (SSSR count). The van der Waals surface area contributed by atoms with Gasteiger partial charge in [0.25, 0.3) is 0 Å². The highest BCUT2D eigenvalue weighted by Gasteiger charge is 2.09. The van der Waals surface area contributed by atoms with Crippen LogP contribution in [-0.4, -0.2) is 28.8 Å². The van der Waals surface area contributed by atoms with E-state index >= 15 is 0 Å². The highest BCUT2D eigenvalue weighted by Crippen LogP contribution is 2.31. The lowest BCUT2D eigenvalue weighted by Gasteiger charge is -2.01. The van der Waals surface area contributed by atoms with E-state index in [1.165, 1.54) is 6.42 Å². The number of anilines is 1. The third kappa shape index (κ3) is 5.17. The summed E-state index contributed by atoms with van der Waals surface area (Å²) >= 11 is 4.92. The van der Waals surface area contributed by atoms with Gasteiger partial charge in [-0.15, -0.1) is 21.5 Å². The normalized spacial score (nSPS) is 10.8. The maximum absolute atomic E-state index is 5.28. The average molecular weight is 393 g/mol. The van der Waals surface area contributed by atoms with E-state index in [0.717, 1.165) is 50.2 Å². The maximum Gasteiger partial charge on any atom is 0.206 e. The highest BCUT2D eigenvalue weighted by molar-refractivity contribution is 8.00. The zero-order valence-electron chi connectivity index (χ0n) is 14.2. The summed E-state index contributed by atoms with van der Waals surface area (Å²) < 4.78 is 6.25. The first-order chi connectivity index (χ1) is 12.3. The molecule has 0 saturated carbocycles. The van der Waals surface area contributed by atoms with Crippen molar-refractivity contribution < 1.29 is 4.74 Å². The van der Waals surface area contributed by atoms with Crippen molar-refractivity contribution in [1.82, 2.24) is 15.2 Å². The van der Waals surface area contributed by atoms with Crippen LogP contribution in [-0.2, 0) is 5.75 Å². The number of unbranched alkanes of at least 4 members (excludes halogenated alkanes) is 1. The number of hydrogen-bond acceptors (Lipinski definition) is 8. The predicted octanol–water partition coefficient (Wildman–Crippen LogP) is 5.17. The molecule has 0 fully saturated rings. The molecule has 5 nitrogen and oxygen atoms in total. The Bertz CT molecular complexity index is 803. The molecule has 3 aromatic rings. The Balaban J connectivity index is 1.56. The molecule has 2 heterocycles. The first-order valence-electron chi connectivity index (χ1n) is 8.07. The van der Waals surface area contributed by atoms with Crippen LogP contribution in [0.2, 0.25) is 0 Å². The maximum atomic E-state index is 5.28. The van der Waals surface area contributed by atoms with Gasteiger partial charge in [0.1, 0.15) is 10.8 Å². The number of methoxy groups -OCH3 is 1. The molecule has 132 valence electrons. The summed E-state index contributed by atoms with van der Waals surface area (Å²) in [5, 5.41) is 15.7. The topological polar surface area (TPSA) is 59.9 Å². The fourth-order valence-electron chi connectivity index (χ4n) is 2.11. The van der Waals surface area contributed by atoms with E-state index in [-0.39, 0.29) is 0 Å². The standard InChI is InChI=1S/C17H20N4OS3/c1-3-4-8-18-16-20-21-17(25-16)24-11-13-10-23-15(19-13)12-6-5-7-14(9-12)22-2/h5-7,9-10H,3-4,8,11H2,1-2H3,(H,18,20). The van der Waals surface area contributed by atoms with Crippen LogP contribution in [0.15, 0.2) is 34.0 Å². The molecule has 8 heteroatoms. The quantitative estimate of drug-likeness (QED) is 0.400. The number of rotatable bonds is 9. The van der Waals surface area contributed by atoms with Crippen LogP contribution in [0.4, 0.5) is 5.13 Å². The molecule has 0 amide bonds. The smallest absolute Gasteiger partial charge is 0.206 e. The van der Waals surface area contributed by atoms with Gasteiger partial charge in [-0.1, -0.05) is 48.6 Å². The third-order valence-electron chi connectivity index (χ3n) is 3.42. The van der Waals surface area contributed by atoms with Crippen LogP contribution in [0, 0.1) is 0 Å². The second kappa shape index (κ2) is 9.17. The summed E-state index contributed by atoms with van der Waals surface area (Å²) in [6, 6.07) is 7.99. The molecule has 1 aromatic carbocycles. The predicted molar refractivity (Wildman–Crippen MR) is 107 cm³/mol. The summed E-state index contributed by atoms with van der Waals surface area (Å²) in [7, 11) is 1.68. The van der Waals surface area contributed by atoms with Crippen molar-refractivity contribution in [2.45, 2.75) is 29.9 Å². The number of ether oxygens (including phenoxy) is 1. The van der Waals surface area contributed by atoms with E-state index in [2.05, 4.69) is 33.9 Å². The van der Waals surface area contributed by atoms with Gasteiger partial charge in [-0.2, -0.15) is 0 Å². The molecule has 1 N–H and O–H groups in total. The van der Waals surface area contributed by atoms with Gasteiger partial charge in [0.15, 0.2) is 4.34 Å². The number of nitrogens with zero attached hydrogens (tertiary/aromatic N) is 3. The molecule has 0 radical (unpaired) electrons. The number of nitrogens with one attached hydrogen (secondary N) is 1. The van der Waals surface area contributed by atoms with Gasteiger partial charge < -0.3 is 10.1 Å². The minimum absolute atomic E-state index is 0.796. The van der Waals surface area contributed by atoms with Gasteiger partial charge in [-0.25, -0.2) is 4.98 Å². The lowest BCUT2D eigenvalue weighted by Crippen LogP contribution is -1.99. The van der Waals surface area contributed by atoms with Crippen LogP contribution in [0.3, 0.4) is 0 Å². The monoisotopic (exact) mass is 392 g/mol. The SMILES string of the molecule is CCCCNc1nnc(SCc2csc(-c3cccc(OC)c3)n2)s1. The second-order valence-electron chi connectivity index (χ2n) is 5.32. The van der Waals surface area contributed by atoms with Crippen molar-refractivity contribution in [2.75, 3.05) is 19.0 Å². The van der Waals surface area contributed by atoms with Crippen LogP contribution in [0.25, 0.3) is 10.6 Å². The Hall–Kier alpha value is -1.64. The fourth-order valence-corrected chi connectivity index (χ4v) is 4.70. The van der Waals surface area contributed by atoms with Crippen LogP contribution in [0.1, 0.15) is 25.5 Å². The molecule has 0 aliphatic rings. The molecule has 2 aromatic heterocycles. The largest absolute Gasteiger partial charge is 0.497 e. The lowest BCUT2D eigenvalue weighted by molar-refractivity contribution is 0.415. The Kier molecular flexibility index (Phi) is 6.66. The Labute approximate surface area is 159 Å². The van der Waals surface area contributed by atoms with E-state index < -0.39 is 0 Å². The molecule has 0 spiro atoms. The van der Waals surface area contributed by atoms with E-state index in [1.54, 1.807) is 41.5 Å². The molecule has 0 aliphatic heterocycles. The van der Waals surface area contributed by atoms with Gasteiger partial charge in [-0.05, 0) is 18.6 Å². The van der Waals surface area contributed by atoms with E-state index in [4.69, 9.17) is 9.72 Å². The van der Waals surface area contributed by atoms with Crippen molar-refractivity contribution in [3.8, 4) is 16.3 Å². The van der Waals surface area contributed by atoms with Gasteiger partial charge in [0.2, 0.25) is 5.13 Å². The highest BCUT2D eigenvalue weighted by atomic mass is 32.2. The van der Waals surface area contributed by atoms with Crippen molar-refractivity contribution in [1.29, 1.82) is 0 Å². The molecule has 25 heavy (non-hydrogen) atoms. The van der Waals surface area contributed by atoms with Gasteiger partial charge in [-0.3, -0.25) is 0 Å².